The normalized spacial score (nSPS) is 11.7. The molecule has 0 aliphatic carbocycles. The number of rotatable bonds is 5. The molecule has 0 spiro atoms. The van der Waals surface area contributed by atoms with Crippen molar-refractivity contribution in [2.24, 2.45) is 0 Å². The van der Waals surface area contributed by atoms with Crippen molar-refractivity contribution in [3.63, 3.8) is 0 Å². The number of carboxylic acids is 1. The van der Waals surface area contributed by atoms with Crippen LogP contribution >= 0.6 is 0 Å². The minimum absolute atomic E-state index is 0.607. The molecular weight excluding hydrogens is 154 g/mol. The molecule has 3 nitrogen and oxygen atoms in total. The molecule has 0 bridgehead atoms. The van der Waals surface area contributed by atoms with Crippen molar-refractivity contribution in [2.75, 3.05) is 13.1 Å². The van der Waals surface area contributed by atoms with E-state index in [1.54, 1.807) is 19.9 Å². The fourth-order valence-corrected chi connectivity index (χ4v) is 1.04. The molecule has 0 aromatic heterocycles. The third kappa shape index (κ3) is 2.34. The molecule has 0 saturated heterocycles. The van der Waals surface area contributed by atoms with E-state index in [0.717, 1.165) is 0 Å². The van der Waals surface area contributed by atoms with Crippen LogP contribution < -0.4 is 0 Å². The van der Waals surface area contributed by atoms with Gasteiger partial charge in [0.05, 0.1) is 0 Å². The number of hydrogen-bond donors (Lipinski definition) is 1. The average molecular weight is 171 g/mol. The van der Waals surface area contributed by atoms with Crippen molar-refractivity contribution >= 4 is 5.97 Å². The Balaban J connectivity index is 4.46. The third-order valence-electron chi connectivity index (χ3n) is 2.05. The third-order valence-corrected chi connectivity index (χ3v) is 2.05. The maximum atomic E-state index is 10.8. The Bertz CT molecular complexity index is 175. The molecule has 70 valence electrons. The molecule has 0 aliphatic heterocycles. The van der Waals surface area contributed by atoms with Crippen LogP contribution in [0, 0.1) is 0 Å². The zero-order valence-corrected chi connectivity index (χ0v) is 8.00. The molecule has 0 atom stereocenters. The van der Waals surface area contributed by atoms with Gasteiger partial charge in [0.1, 0.15) is 5.54 Å². The van der Waals surface area contributed by atoms with Crippen LogP contribution in [-0.2, 0) is 4.79 Å². The number of carbonyl (C=O) groups is 1. The average Bonchev–Trinajstić information content (AvgIpc) is 1.99. The van der Waals surface area contributed by atoms with E-state index in [1.165, 1.54) is 0 Å². The van der Waals surface area contributed by atoms with Gasteiger partial charge in [-0.2, -0.15) is 0 Å². The first-order valence-electron chi connectivity index (χ1n) is 4.06. The Morgan fingerprint density at radius 1 is 1.67 bits per heavy atom. The highest BCUT2D eigenvalue weighted by atomic mass is 16.4. The van der Waals surface area contributed by atoms with Crippen LogP contribution in [0.4, 0.5) is 0 Å². The Morgan fingerprint density at radius 3 is 2.42 bits per heavy atom. The molecule has 1 N–H and O–H groups in total. The largest absolute Gasteiger partial charge is 0.480 e. The van der Waals surface area contributed by atoms with Gasteiger partial charge < -0.3 is 5.11 Å². The highest BCUT2D eigenvalue weighted by molar-refractivity contribution is 5.77. The van der Waals surface area contributed by atoms with Gasteiger partial charge in [-0.1, -0.05) is 13.0 Å². The van der Waals surface area contributed by atoms with Gasteiger partial charge in [0.25, 0.3) is 0 Å². The van der Waals surface area contributed by atoms with Crippen molar-refractivity contribution in [1.29, 1.82) is 0 Å². The van der Waals surface area contributed by atoms with E-state index >= 15 is 0 Å². The van der Waals surface area contributed by atoms with Crippen molar-refractivity contribution in [3.8, 4) is 0 Å². The van der Waals surface area contributed by atoms with Crippen molar-refractivity contribution in [1.82, 2.24) is 4.90 Å². The van der Waals surface area contributed by atoms with Crippen molar-refractivity contribution in [2.45, 2.75) is 26.3 Å². The molecule has 12 heavy (non-hydrogen) atoms. The molecule has 0 rings (SSSR count). The van der Waals surface area contributed by atoms with Crippen LogP contribution in [0.1, 0.15) is 20.8 Å². The smallest absolute Gasteiger partial charge is 0.323 e. The number of hydrogen-bond acceptors (Lipinski definition) is 2. The highest BCUT2D eigenvalue weighted by Crippen LogP contribution is 2.13. The summed E-state index contributed by atoms with van der Waals surface area (Å²) in [4.78, 5) is 12.7. The van der Waals surface area contributed by atoms with Crippen molar-refractivity contribution in [3.05, 3.63) is 12.7 Å². The van der Waals surface area contributed by atoms with Crippen LogP contribution in [0.25, 0.3) is 0 Å². The molecule has 0 aromatic carbocycles. The highest BCUT2D eigenvalue weighted by Gasteiger charge is 2.32. The van der Waals surface area contributed by atoms with E-state index in [2.05, 4.69) is 6.58 Å². The number of carboxylic acid groups (broad SMARTS) is 1. The van der Waals surface area contributed by atoms with E-state index in [4.69, 9.17) is 5.11 Å². The zero-order chi connectivity index (χ0) is 9.78. The van der Waals surface area contributed by atoms with E-state index in [1.807, 2.05) is 11.8 Å². The quantitative estimate of drug-likeness (QED) is 0.635. The first-order chi connectivity index (χ1) is 5.46. The molecular formula is C9H17NO2. The lowest BCUT2D eigenvalue weighted by Gasteiger charge is -2.33. The molecule has 0 fully saturated rings. The van der Waals surface area contributed by atoms with Gasteiger partial charge in [-0.3, -0.25) is 9.69 Å². The molecule has 0 radical (unpaired) electrons. The van der Waals surface area contributed by atoms with Gasteiger partial charge in [0.2, 0.25) is 0 Å². The Labute approximate surface area is 73.7 Å². The van der Waals surface area contributed by atoms with E-state index in [9.17, 15) is 4.79 Å². The number of nitrogens with zero attached hydrogens (tertiary/aromatic N) is 1. The summed E-state index contributed by atoms with van der Waals surface area (Å²) in [5.41, 5.74) is -0.803. The second kappa shape index (κ2) is 4.26. The summed E-state index contributed by atoms with van der Waals surface area (Å²) < 4.78 is 0. The van der Waals surface area contributed by atoms with Gasteiger partial charge in [-0.15, -0.1) is 6.58 Å². The fraction of sp³-hybridized carbons (Fsp3) is 0.667. The Morgan fingerprint density at radius 2 is 2.17 bits per heavy atom. The lowest BCUT2D eigenvalue weighted by molar-refractivity contribution is -0.148. The molecule has 0 amide bonds. The van der Waals surface area contributed by atoms with Crippen LogP contribution in [0.5, 0.6) is 0 Å². The zero-order valence-electron chi connectivity index (χ0n) is 8.00. The summed E-state index contributed by atoms with van der Waals surface area (Å²) in [6.07, 6.45) is 1.72. The SMILES string of the molecule is C=CCN(CC)C(C)(C)C(=O)O. The van der Waals surface area contributed by atoms with Crippen LogP contribution in [0.2, 0.25) is 0 Å². The summed E-state index contributed by atoms with van der Waals surface area (Å²) in [5, 5.41) is 8.89. The maximum absolute atomic E-state index is 10.8. The van der Waals surface area contributed by atoms with Gasteiger partial charge in [-0.25, -0.2) is 0 Å². The van der Waals surface area contributed by atoms with E-state index in [-0.39, 0.29) is 0 Å². The second-order valence-corrected chi connectivity index (χ2v) is 3.19. The Hall–Kier alpha value is -0.830. The first-order valence-corrected chi connectivity index (χ1v) is 4.06. The molecule has 0 aromatic rings. The summed E-state index contributed by atoms with van der Waals surface area (Å²) >= 11 is 0. The summed E-state index contributed by atoms with van der Waals surface area (Å²) in [6.45, 7) is 10.2. The summed E-state index contributed by atoms with van der Waals surface area (Å²) in [7, 11) is 0. The van der Waals surface area contributed by atoms with Crippen LogP contribution in [0.15, 0.2) is 12.7 Å². The number of likely N-dealkylation sites (N-methyl/N-ethyl adjacent to an activating group) is 1. The molecule has 0 heterocycles. The molecule has 0 saturated carbocycles. The summed E-state index contributed by atoms with van der Waals surface area (Å²) in [6, 6.07) is 0. The lowest BCUT2D eigenvalue weighted by atomic mass is 10.0. The standard InChI is InChI=1S/C9H17NO2/c1-5-7-10(6-2)9(3,4)8(11)12/h5H,1,6-7H2,2-4H3,(H,11,12). The van der Waals surface area contributed by atoms with Gasteiger partial charge in [0, 0.05) is 6.54 Å². The predicted octanol–water partition coefficient (Wildman–Crippen LogP) is 1.36. The van der Waals surface area contributed by atoms with Crippen molar-refractivity contribution < 1.29 is 9.90 Å². The minimum Gasteiger partial charge on any atom is -0.480 e. The van der Waals surface area contributed by atoms with Gasteiger partial charge in [0.15, 0.2) is 0 Å². The summed E-state index contributed by atoms with van der Waals surface area (Å²) in [5.74, 6) is -0.800. The number of aliphatic carboxylic acids is 1. The Kier molecular flexibility index (Phi) is 3.96. The van der Waals surface area contributed by atoms with Gasteiger partial charge >= 0.3 is 5.97 Å². The van der Waals surface area contributed by atoms with Crippen LogP contribution in [0.3, 0.4) is 0 Å². The molecule has 3 heteroatoms. The topological polar surface area (TPSA) is 40.5 Å². The van der Waals surface area contributed by atoms with Crippen LogP contribution in [-0.4, -0.2) is 34.6 Å². The predicted molar refractivity (Wildman–Crippen MR) is 49.2 cm³/mol. The minimum atomic E-state index is -0.803. The fourth-order valence-electron chi connectivity index (χ4n) is 1.04. The van der Waals surface area contributed by atoms with Gasteiger partial charge in [-0.05, 0) is 20.4 Å². The molecule has 0 unspecified atom stereocenters. The van der Waals surface area contributed by atoms with E-state index in [0.29, 0.717) is 13.1 Å². The second-order valence-electron chi connectivity index (χ2n) is 3.19. The lowest BCUT2D eigenvalue weighted by Crippen LogP contribution is -2.49. The first kappa shape index (κ1) is 11.2. The molecule has 0 aliphatic rings. The maximum Gasteiger partial charge on any atom is 0.323 e. The monoisotopic (exact) mass is 171 g/mol. The van der Waals surface area contributed by atoms with E-state index < -0.39 is 11.5 Å².